The second-order valence-electron chi connectivity index (χ2n) is 7.86. The van der Waals surface area contributed by atoms with Crippen LogP contribution in [0.1, 0.15) is 55.6 Å². The summed E-state index contributed by atoms with van der Waals surface area (Å²) in [6.07, 6.45) is -0.360. The number of nitrogens with two attached hydrogens (primary N) is 1. The van der Waals surface area contributed by atoms with Gasteiger partial charge in [0.1, 0.15) is 10.8 Å². The summed E-state index contributed by atoms with van der Waals surface area (Å²) < 4.78 is 12.6. The molecule has 10 nitrogen and oxygen atoms in total. The molecule has 35 heavy (non-hydrogen) atoms. The van der Waals surface area contributed by atoms with Crippen LogP contribution in [0, 0.1) is 20.8 Å². The van der Waals surface area contributed by atoms with E-state index < -0.39 is 11.9 Å². The standard InChI is InChI=1S/C23H27N5O5S2/c1-11-7-8-15(9-12(11)2)33-14(4)20-26-27-23(28(20)5)34-10-16(29)25-21-17(22(31)32-6)13(3)18(35-21)19(24)30/h7-9,14H,10H2,1-6H3,(H2,24,30)(H,25,29). The molecule has 0 saturated heterocycles. The number of benzene rings is 1. The molecule has 0 radical (unpaired) electrons. The van der Waals surface area contributed by atoms with Crippen LogP contribution in [0.15, 0.2) is 23.4 Å². The van der Waals surface area contributed by atoms with Crippen LogP contribution in [0.3, 0.4) is 0 Å². The summed E-state index contributed by atoms with van der Waals surface area (Å²) in [6, 6.07) is 5.88. The molecular formula is C23H27N5O5S2. The van der Waals surface area contributed by atoms with Crippen molar-refractivity contribution < 1.29 is 23.9 Å². The van der Waals surface area contributed by atoms with Crippen LogP contribution in [0.25, 0.3) is 0 Å². The van der Waals surface area contributed by atoms with Crippen molar-refractivity contribution in [2.75, 3.05) is 18.2 Å². The summed E-state index contributed by atoms with van der Waals surface area (Å²) in [4.78, 5) is 36.6. The van der Waals surface area contributed by atoms with Gasteiger partial charge in [-0.15, -0.1) is 21.5 Å². The molecule has 3 rings (SSSR count). The highest BCUT2D eigenvalue weighted by Gasteiger charge is 2.25. The van der Waals surface area contributed by atoms with Crippen LogP contribution in [-0.2, 0) is 16.6 Å². The van der Waals surface area contributed by atoms with E-state index in [1.165, 1.54) is 24.4 Å². The van der Waals surface area contributed by atoms with Gasteiger partial charge >= 0.3 is 5.97 Å². The van der Waals surface area contributed by atoms with Crippen molar-refractivity contribution in [2.45, 2.75) is 39.0 Å². The SMILES string of the molecule is COC(=O)c1c(NC(=O)CSc2nnc(C(C)Oc3ccc(C)c(C)c3)n2C)sc(C(N)=O)c1C. The second kappa shape index (κ2) is 10.9. The third kappa shape index (κ3) is 5.82. The van der Waals surface area contributed by atoms with E-state index >= 15 is 0 Å². The number of amides is 2. The van der Waals surface area contributed by atoms with Gasteiger partial charge in [0, 0.05) is 7.05 Å². The third-order valence-electron chi connectivity index (χ3n) is 5.37. The fourth-order valence-corrected chi connectivity index (χ4v) is 5.11. The summed E-state index contributed by atoms with van der Waals surface area (Å²) in [5, 5.41) is 11.8. The van der Waals surface area contributed by atoms with E-state index in [1.54, 1.807) is 18.5 Å². The average molecular weight is 518 g/mol. The van der Waals surface area contributed by atoms with Crippen molar-refractivity contribution in [3.8, 4) is 5.75 Å². The van der Waals surface area contributed by atoms with Gasteiger partial charge in [-0.05, 0) is 56.5 Å². The highest BCUT2D eigenvalue weighted by molar-refractivity contribution is 7.99. The number of carbonyl (C=O) groups excluding carboxylic acids is 3. The summed E-state index contributed by atoms with van der Waals surface area (Å²) >= 11 is 2.11. The van der Waals surface area contributed by atoms with E-state index in [1.807, 2.05) is 39.0 Å². The smallest absolute Gasteiger partial charge is 0.341 e. The summed E-state index contributed by atoms with van der Waals surface area (Å²) in [5.41, 5.74) is 8.18. The van der Waals surface area contributed by atoms with Crippen molar-refractivity contribution in [3.63, 3.8) is 0 Å². The van der Waals surface area contributed by atoms with Crippen molar-refractivity contribution in [1.82, 2.24) is 14.8 Å². The van der Waals surface area contributed by atoms with E-state index in [-0.39, 0.29) is 33.2 Å². The van der Waals surface area contributed by atoms with Gasteiger partial charge in [0.15, 0.2) is 17.1 Å². The largest absolute Gasteiger partial charge is 0.483 e. The first-order valence-corrected chi connectivity index (χ1v) is 12.4. The number of hydrogen-bond acceptors (Lipinski definition) is 9. The van der Waals surface area contributed by atoms with Gasteiger partial charge in [-0.25, -0.2) is 4.79 Å². The van der Waals surface area contributed by atoms with Gasteiger partial charge in [0.2, 0.25) is 5.91 Å². The van der Waals surface area contributed by atoms with Gasteiger partial charge in [-0.2, -0.15) is 0 Å². The first-order chi connectivity index (χ1) is 16.5. The highest BCUT2D eigenvalue weighted by Crippen LogP contribution is 2.34. The lowest BCUT2D eigenvalue weighted by Gasteiger charge is -2.15. The minimum Gasteiger partial charge on any atom is -0.483 e. The Bertz CT molecular complexity index is 1280. The molecule has 3 aromatic rings. The molecule has 0 fully saturated rings. The third-order valence-corrected chi connectivity index (χ3v) is 7.61. The van der Waals surface area contributed by atoms with Crippen molar-refractivity contribution >= 4 is 45.9 Å². The van der Waals surface area contributed by atoms with Gasteiger partial charge in [-0.1, -0.05) is 17.8 Å². The first kappa shape index (κ1) is 26.2. The Morgan fingerprint density at radius 1 is 1.20 bits per heavy atom. The molecule has 12 heteroatoms. The molecule has 0 bridgehead atoms. The number of methoxy groups -OCH3 is 1. The zero-order chi connectivity index (χ0) is 25.9. The lowest BCUT2D eigenvalue weighted by atomic mass is 10.1. The number of anilines is 1. The van der Waals surface area contributed by atoms with Gasteiger partial charge in [-0.3, -0.25) is 9.59 Å². The predicted molar refractivity (Wildman–Crippen MR) is 134 cm³/mol. The lowest BCUT2D eigenvalue weighted by molar-refractivity contribution is -0.113. The maximum atomic E-state index is 12.6. The number of thiophene rings is 1. The minimum atomic E-state index is -0.684. The molecule has 0 aliphatic rings. The van der Waals surface area contributed by atoms with E-state index in [9.17, 15) is 14.4 Å². The molecule has 0 spiro atoms. The predicted octanol–water partition coefficient (Wildman–Crippen LogP) is 3.56. The number of nitrogens with one attached hydrogen (secondary N) is 1. The number of hydrogen-bond donors (Lipinski definition) is 2. The summed E-state index contributed by atoms with van der Waals surface area (Å²) in [5.74, 6) is -0.385. The van der Waals surface area contributed by atoms with Crippen molar-refractivity contribution in [2.24, 2.45) is 12.8 Å². The number of aromatic nitrogens is 3. The number of rotatable bonds is 9. The Kier molecular flexibility index (Phi) is 8.18. The zero-order valence-corrected chi connectivity index (χ0v) is 21.9. The molecule has 0 aliphatic carbocycles. The van der Waals surface area contributed by atoms with Gasteiger partial charge < -0.3 is 25.1 Å². The van der Waals surface area contributed by atoms with Crippen molar-refractivity contribution in [3.05, 3.63) is 51.2 Å². The van der Waals surface area contributed by atoms with Crippen LogP contribution < -0.4 is 15.8 Å². The molecule has 1 aromatic carbocycles. The Morgan fingerprint density at radius 3 is 2.54 bits per heavy atom. The van der Waals surface area contributed by atoms with E-state index in [2.05, 4.69) is 15.5 Å². The number of carbonyl (C=O) groups is 3. The van der Waals surface area contributed by atoms with E-state index in [4.69, 9.17) is 15.2 Å². The molecule has 2 aromatic heterocycles. The fourth-order valence-electron chi connectivity index (χ4n) is 3.33. The maximum absolute atomic E-state index is 12.6. The number of nitrogens with zero attached hydrogens (tertiary/aromatic N) is 3. The fraction of sp³-hybridized carbons (Fsp3) is 0.348. The maximum Gasteiger partial charge on any atom is 0.341 e. The molecule has 2 heterocycles. The average Bonchev–Trinajstić information content (AvgIpc) is 3.33. The first-order valence-electron chi connectivity index (χ1n) is 10.6. The van der Waals surface area contributed by atoms with Crippen LogP contribution in [0.5, 0.6) is 5.75 Å². The van der Waals surface area contributed by atoms with Crippen molar-refractivity contribution in [1.29, 1.82) is 0 Å². The summed E-state index contributed by atoms with van der Waals surface area (Å²) in [7, 11) is 3.02. The molecule has 1 unspecified atom stereocenters. The van der Waals surface area contributed by atoms with Gasteiger partial charge in [0.05, 0.1) is 23.3 Å². The molecule has 1 atom stereocenters. The second-order valence-corrected chi connectivity index (χ2v) is 9.82. The lowest BCUT2D eigenvalue weighted by Crippen LogP contribution is -2.16. The molecule has 3 N–H and O–H groups in total. The topological polar surface area (TPSA) is 138 Å². The molecule has 0 aliphatic heterocycles. The number of esters is 1. The minimum absolute atomic E-state index is 0.00182. The quantitative estimate of drug-likeness (QED) is 0.325. The van der Waals surface area contributed by atoms with Crippen LogP contribution in [0.2, 0.25) is 0 Å². The number of aryl methyl sites for hydroxylation is 2. The summed E-state index contributed by atoms with van der Waals surface area (Å²) in [6.45, 7) is 7.52. The Balaban J connectivity index is 1.67. The molecule has 0 saturated carbocycles. The Labute approximate surface area is 211 Å². The molecule has 186 valence electrons. The highest BCUT2D eigenvalue weighted by atomic mass is 32.2. The van der Waals surface area contributed by atoms with Crippen LogP contribution >= 0.6 is 23.1 Å². The van der Waals surface area contributed by atoms with E-state index in [0.717, 1.165) is 22.6 Å². The zero-order valence-electron chi connectivity index (χ0n) is 20.3. The molecular weight excluding hydrogens is 490 g/mol. The van der Waals surface area contributed by atoms with Gasteiger partial charge in [0.25, 0.3) is 5.91 Å². The van der Waals surface area contributed by atoms with Crippen LogP contribution in [-0.4, -0.2) is 45.4 Å². The van der Waals surface area contributed by atoms with Crippen LogP contribution in [0.4, 0.5) is 5.00 Å². The molecule has 2 amide bonds. The normalized spacial score (nSPS) is 11.7. The monoisotopic (exact) mass is 517 g/mol. The number of thioether (sulfide) groups is 1. The number of ether oxygens (including phenoxy) is 2. The van der Waals surface area contributed by atoms with E-state index in [0.29, 0.717) is 16.5 Å². The Hall–Kier alpha value is -3.38. The number of primary amides is 1. The Morgan fingerprint density at radius 2 is 1.91 bits per heavy atom.